The molecule has 2 fully saturated rings. The van der Waals surface area contributed by atoms with Crippen molar-refractivity contribution < 1.29 is 23.1 Å². The average Bonchev–Trinajstić information content (AvgIpc) is 3.31. The minimum absolute atomic E-state index is 0.00677. The summed E-state index contributed by atoms with van der Waals surface area (Å²) in [6, 6.07) is -1.54. The van der Waals surface area contributed by atoms with Crippen molar-refractivity contribution in [1.82, 2.24) is 29.9 Å². The molecule has 3 N–H and O–H groups in total. The second kappa shape index (κ2) is 8.23. The first-order valence-corrected chi connectivity index (χ1v) is 11.6. The number of sulfonamides is 1. The molecule has 168 valence electrons. The van der Waals surface area contributed by atoms with Gasteiger partial charge in [-0.25, -0.2) is 17.8 Å². The van der Waals surface area contributed by atoms with Gasteiger partial charge < -0.3 is 15.3 Å². The van der Waals surface area contributed by atoms with Crippen molar-refractivity contribution in [1.29, 1.82) is 0 Å². The quantitative estimate of drug-likeness (QED) is 0.499. The number of likely N-dealkylation sites (tertiary alicyclic amines) is 1. The monoisotopic (exact) mass is 442 g/mol. The van der Waals surface area contributed by atoms with E-state index in [1.54, 1.807) is 6.20 Å². The minimum atomic E-state index is -3.35. The van der Waals surface area contributed by atoms with E-state index in [1.807, 2.05) is 20.8 Å². The summed E-state index contributed by atoms with van der Waals surface area (Å²) in [4.78, 5) is 27.0. The molecule has 1 aromatic rings. The van der Waals surface area contributed by atoms with Gasteiger partial charge in [-0.15, -0.1) is 5.10 Å². The molecule has 1 aliphatic heterocycles. The molecule has 0 aromatic carbocycles. The number of aromatic nitrogens is 3. The number of aliphatic hydroxyl groups is 1. The van der Waals surface area contributed by atoms with Crippen molar-refractivity contribution in [2.24, 2.45) is 5.41 Å². The molecule has 2 unspecified atom stereocenters. The zero-order valence-corrected chi connectivity index (χ0v) is 18.5. The first kappa shape index (κ1) is 22.6. The summed E-state index contributed by atoms with van der Waals surface area (Å²) in [5, 5.41) is 20.3. The number of nitrogens with one attached hydrogen (secondary N) is 2. The Bertz CT molecular complexity index is 904. The van der Waals surface area contributed by atoms with Crippen molar-refractivity contribution in [3.63, 3.8) is 0 Å². The van der Waals surface area contributed by atoms with Gasteiger partial charge in [0.25, 0.3) is 0 Å². The van der Waals surface area contributed by atoms with Crippen molar-refractivity contribution in [2.45, 2.75) is 70.0 Å². The van der Waals surface area contributed by atoms with Crippen molar-refractivity contribution in [3.8, 4) is 0 Å². The van der Waals surface area contributed by atoms with Gasteiger partial charge in [-0.05, 0) is 18.3 Å². The SMILES string of the molecule is CNC(=O)[C@H]1CC(O)CN1C(=O)C(n1cc(CNS(=O)(=O)C2CC2)nn1)C(C)(C)C. The molecule has 0 bridgehead atoms. The molecule has 11 nitrogen and oxygen atoms in total. The van der Waals surface area contributed by atoms with Crippen LogP contribution >= 0.6 is 0 Å². The summed E-state index contributed by atoms with van der Waals surface area (Å²) in [5.41, 5.74) is -0.179. The molecule has 1 aromatic heterocycles. The van der Waals surface area contributed by atoms with E-state index in [-0.39, 0.29) is 36.6 Å². The van der Waals surface area contributed by atoms with Crippen molar-refractivity contribution in [2.75, 3.05) is 13.6 Å². The van der Waals surface area contributed by atoms with E-state index < -0.39 is 33.6 Å². The van der Waals surface area contributed by atoms with Crippen LogP contribution in [0, 0.1) is 5.41 Å². The largest absolute Gasteiger partial charge is 0.391 e. The number of hydrogen-bond acceptors (Lipinski definition) is 7. The number of likely N-dealkylation sites (N-methyl/N-ethyl adjacent to an activating group) is 1. The Morgan fingerprint density at radius 1 is 1.33 bits per heavy atom. The standard InChI is InChI=1S/C18H30N6O5S/c1-18(2,3)15(17(27)23-10-12(25)7-14(23)16(26)19-4)24-9-11(21-22-24)8-20-30(28,29)13-5-6-13/h9,12-15,20,25H,5-8,10H2,1-4H3,(H,19,26)/t12?,14-,15?/m1/s1. The highest BCUT2D eigenvalue weighted by Crippen LogP contribution is 2.34. The topological polar surface area (TPSA) is 147 Å². The molecule has 0 radical (unpaired) electrons. The van der Waals surface area contributed by atoms with E-state index in [0.717, 1.165) is 0 Å². The van der Waals surface area contributed by atoms with Gasteiger partial charge >= 0.3 is 0 Å². The molecule has 0 spiro atoms. The highest BCUT2D eigenvalue weighted by atomic mass is 32.2. The minimum Gasteiger partial charge on any atom is -0.391 e. The Labute approximate surface area is 176 Å². The first-order chi connectivity index (χ1) is 13.9. The van der Waals surface area contributed by atoms with E-state index >= 15 is 0 Å². The van der Waals surface area contributed by atoms with Crippen LogP contribution in [0.25, 0.3) is 0 Å². The van der Waals surface area contributed by atoms with Gasteiger partial charge in [0, 0.05) is 20.0 Å². The highest BCUT2D eigenvalue weighted by molar-refractivity contribution is 7.90. The average molecular weight is 443 g/mol. The molecule has 30 heavy (non-hydrogen) atoms. The second-order valence-electron chi connectivity index (χ2n) is 9.03. The molecule has 2 heterocycles. The lowest BCUT2D eigenvalue weighted by Gasteiger charge is -2.34. The third kappa shape index (κ3) is 4.81. The summed E-state index contributed by atoms with van der Waals surface area (Å²) >= 11 is 0. The third-order valence-electron chi connectivity index (χ3n) is 5.41. The molecule has 1 saturated heterocycles. The number of hydrogen-bond donors (Lipinski definition) is 3. The Kier molecular flexibility index (Phi) is 6.21. The van der Waals surface area contributed by atoms with Gasteiger partial charge in [-0.2, -0.15) is 0 Å². The predicted molar refractivity (Wildman–Crippen MR) is 107 cm³/mol. The van der Waals surface area contributed by atoms with E-state index in [2.05, 4.69) is 20.4 Å². The Balaban J connectivity index is 1.80. The normalized spacial score (nSPS) is 23.4. The second-order valence-corrected chi connectivity index (χ2v) is 11.1. The predicted octanol–water partition coefficient (Wildman–Crippen LogP) is -0.845. The van der Waals surface area contributed by atoms with Crippen LogP contribution in [0.2, 0.25) is 0 Å². The number of nitrogens with zero attached hydrogens (tertiary/aromatic N) is 4. The van der Waals surface area contributed by atoms with Crippen molar-refractivity contribution in [3.05, 3.63) is 11.9 Å². The molecule has 1 saturated carbocycles. The Morgan fingerprint density at radius 2 is 2.00 bits per heavy atom. The lowest BCUT2D eigenvalue weighted by Crippen LogP contribution is -2.49. The lowest BCUT2D eigenvalue weighted by atomic mass is 9.85. The van der Waals surface area contributed by atoms with E-state index in [4.69, 9.17) is 0 Å². The van der Waals surface area contributed by atoms with Crippen LogP contribution in [0.5, 0.6) is 0 Å². The number of rotatable bonds is 7. The van der Waals surface area contributed by atoms with Crippen LogP contribution in [-0.4, -0.2) is 76.2 Å². The summed E-state index contributed by atoms with van der Waals surface area (Å²) in [5.74, 6) is -0.677. The fourth-order valence-corrected chi connectivity index (χ4v) is 5.04. The maximum atomic E-state index is 13.4. The number of aliphatic hydroxyl groups excluding tert-OH is 1. The lowest BCUT2D eigenvalue weighted by molar-refractivity contribution is -0.144. The van der Waals surface area contributed by atoms with E-state index in [9.17, 15) is 23.1 Å². The van der Waals surface area contributed by atoms with Crippen LogP contribution in [0.1, 0.15) is 51.8 Å². The number of amides is 2. The summed E-state index contributed by atoms with van der Waals surface area (Å²) in [7, 11) is -1.86. The summed E-state index contributed by atoms with van der Waals surface area (Å²) in [6.07, 6.45) is 2.27. The van der Waals surface area contributed by atoms with Gasteiger partial charge in [0.15, 0.2) is 0 Å². The van der Waals surface area contributed by atoms with Crippen LogP contribution in [-0.2, 0) is 26.2 Å². The summed E-state index contributed by atoms with van der Waals surface area (Å²) < 4.78 is 28.0. The number of carbonyl (C=O) groups excluding carboxylic acids is 2. The van der Waals surface area contributed by atoms with Gasteiger partial charge in [0.2, 0.25) is 21.8 Å². The maximum absolute atomic E-state index is 13.4. The number of β-amino-alcohol motifs (C(OH)–C–C–N with tert-alkyl or cyclic N) is 1. The Hall–Kier alpha value is -2.05. The van der Waals surface area contributed by atoms with Crippen LogP contribution < -0.4 is 10.0 Å². The molecule has 3 rings (SSSR count). The fraction of sp³-hybridized carbons (Fsp3) is 0.778. The zero-order valence-electron chi connectivity index (χ0n) is 17.7. The van der Waals surface area contributed by atoms with Crippen LogP contribution in [0.3, 0.4) is 0 Å². The summed E-state index contributed by atoms with van der Waals surface area (Å²) in [6.45, 7) is 5.66. The van der Waals surface area contributed by atoms with Gasteiger partial charge in [0.1, 0.15) is 12.1 Å². The van der Waals surface area contributed by atoms with E-state index in [1.165, 1.54) is 16.6 Å². The van der Waals surface area contributed by atoms with Crippen molar-refractivity contribution >= 4 is 21.8 Å². The van der Waals surface area contributed by atoms with Gasteiger partial charge in [0.05, 0.1) is 29.8 Å². The van der Waals surface area contributed by atoms with Gasteiger partial charge in [-0.3, -0.25) is 9.59 Å². The molecule has 3 atom stereocenters. The van der Waals surface area contributed by atoms with Crippen LogP contribution in [0.4, 0.5) is 0 Å². The molecule has 2 aliphatic rings. The Morgan fingerprint density at radius 3 is 2.57 bits per heavy atom. The fourth-order valence-electron chi connectivity index (χ4n) is 3.70. The van der Waals surface area contributed by atoms with Gasteiger partial charge in [-0.1, -0.05) is 26.0 Å². The molecule has 2 amide bonds. The maximum Gasteiger partial charge on any atom is 0.248 e. The molecule has 12 heteroatoms. The molecule has 1 aliphatic carbocycles. The first-order valence-electron chi connectivity index (χ1n) is 10.0. The smallest absolute Gasteiger partial charge is 0.248 e. The third-order valence-corrected chi connectivity index (χ3v) is 7.30. The molecular formula is C18H30N6O5S. The molecular weight excluding hydrogens is 412 g/mol. The highest BCUT2D eigenvalue weighted by Gasteiger charge is 2.45. The van der Waals surface area contributed by atoms with E-state index in [0.29, 0.717) is 18.5 Å². The number of carbonyl (C=O) groups is 2. The zero-order chi connectivity index (χ0) is 22.3. The van der Waals surface area contributed by atoms with Crippen LogP contribution in [0.15, 0.2) is 6.20 Å².